The second-order valence-corrected chi connectivity index (χ2v) is 5.22. The van der Waals surface area contributed by atoms with Gasteiger partial charge in [-0.15, -0.1) is 0 Å². The lowest BCUT2D eigenvalue weighted by molar-refractivity contribution is -0.144. The number of fused-ring (bicyclic) bond motifs is 1. The van der Waals surface area contributed by atoms with E-state index in [0.29, 0.717) is 5.92 Å². The highest BCUT2D eigenvalue weighted by Gasteiger charge is 2.44. The molecule has 1 heterocycles. The lowest BCUT2D eigenvalue weighted by Gasteiger charge is -2.25. The molecule has 1 aromatic rings. The molecule has 3 unspecified atom stereocenters. The third-order valence-corrected chi connectivity index (χ3v) is 4.14. The van der Waals surface area contributed by atoms with Crippen LogP contribution in [0, 0.1) is 11.8 Å². The minimum Gasteiger partial charge on any atom is -0.462 e. The minimum atomic E-state index is 0.0331. The summed E-state index contributed by atoms with van der Waals surface area (Å²) in [5.41, 5.74) is 1.25. The van der Waals surface area contributed by atoms with E-state index in [4.69, 9.17) is 4.74 Å². The van der Waals surface area contributed by atoms with Crippen molar-refractivity contribution in [3.8, 4) is 0 Å². The third-order valence-electron chi connectivity index (χ3n) is 4.14. The zero-order valence-electron chi connectivity index (χ0n) is 9.97. The van der Waals surface area contributed by atoms with Crippen LogP contribution in [0.3, 0.4) is 0 Å². The van der Waals surface area contributed by atoms with Crippen molar-refractivity contribution in [3.63, 3.8) is 0 Å². The molecular formula is C15H18O2. The molecule has 17 heavy (non-hydrogen) atoms. The first-order valence-corrected chi connectivity index (χ1v) is 6.59. The highest BCUT2D eigenvalue weighted by molar-refractivity contribution is 5.75. The van der Waals surface area contributed by atoms with E-state index in [1.165, 1.54) is 18.4 Å². The Hall–Kier alpha value is -1.31. The fourth-order valence-corrected chi connectivity index (χ4v) is 3.25. The fourth-order valence-electron chi connectivity index (χ4n) is 3.25. The first kappa shape index (κ1) is 10.8. The molecule has 0 amide bonds. The maximum absolute atomic E-state index is 11.9. The summed E-state index contributed by atoms with van der Waals surface area (Å²) >= 11 is 0. The van der Waals surface area contributed by atoms with Crippen molar-refractivity contribution >= 4 is 5.97 Å². The molecule has 0 aromatic heterocycles. The molecule has 0 radical (unpaired) electrons. The van der Waals surface area contributed by atoms with Crippen molar-refractivity contribution in [1.29, 1.82) is 0 Å². The molecule has 1 aliphatic heterocycles. The maximum Gasteiger partial charge on any atom is 0.309 e. The predicted molar refractivity (Wildman–Crippen MR) is 65.5 cm³/mol. The van der Waals surface area contributed by atoms with Crippen LogP contribution in [0.4, 0.5) is 0 Å². The van der Waals surface area contributed by atoms with Gasteiger partial charge in [-0.25, -0.2) is 0 Å². The van der Waals surface area contributed by atoms with Gasteiger partial charge >= 0.3 is 5.97 Å². The highest BCUT2D eigenvalue weighted by atomic mass is 16.6. The maximum atomic E-state index is 11.9. The van der Waals surface area contributed by atoms with Crippen molar-refractivity contribution in [2.24, 2.45) is 11.8 Å². The molecule has 90 valence electrons. The van der Waals surface area contributed by atoms with Gasteiger partial charge in [0, 0.05) is 5.92 Å². The van der Waals surface area contributed by atoms with Crippen LogP contribution in [0.15, 0.2) is 30.3 Å². The summed E-state index contributed by atoms with van der Waals surface area (Å²) in [5.74, 6) is 0.602. The fraction of sp³-hybridized carbons (Fsp3) is 0.533. The number of esters is 1. The zero-order valence-corrected chi connectivity index (χ0v) is 9.97. The van der Waals surface area contributed by atoms with E-state index in [1.807, 2.05) is 18.2 Å². The van der Waals surface area contributed by atoms with Crippen LogP contribution in [0.5, 0.6) is 0 Å². The van der Waals surface area contributed by atoms with Crippen LogP contribution in [-0.2, 0) is 16.0 Å². The van der Waals surface area contributed by atoms with Crippen LogP contribution in [0.1, 0.15) is 31.2 Å². The molecule has 1 saturated carbocycles. The number of rotatable bonds is 2. The number of benzene rings is 1. The predicted octanol–water partition coefficient (Wildman–Crippen LogP) is 2.96. The van der Waals surface area contributed by atoms with Crippen LogP contribution in [0.2, 0.25) is 0 Å². The molecule has 3 atom stereocenters. The van der Waals surface area contributed by atoms with Crippen LogP contribution < -0.4 is 0 Å². The van der Waals surface area contributed by atoms with Gasteiger partial charge in [-0.2, -0.15) is 0 Å². The zero-order chi connectivity index (χ0) is 11.7. The Bertz CT molecular complexity index is 399. The van der Waals surface area contributed by atoms with E-state index in [9.17, 15) is 4.79 Å². The lowest BCUT2D eigenvalue weighted by atomic mass is 9.78. The van der Waals surface area contributed by atoms with Gasteiger partial charge in [0.05, 0.1) is 5.92 Å². The van der Waals surface area contributed by atoms with E-state index < -0.39 is 0 Å². The Morgan fingerprint density at radius 2 is 1.88 bits per heavy atom. The molecule has 1 saturated heterocycles. The summed E-state index contributed by atoms with van der Waals surface area (Å²) < 4.78 is 5.51. The van der Waals surface area contributed by atoms with E-state index in [-0.39, 0.29) is 18.0 Å². The monoisotopic (exact) mass is 230 g/mol. The summed E-state index contributed by atoms with van der Waals surface area (Å²) in [7, 11) is 0. The highest BCUT2D eigenvalue weighted by Crippen LogP contribution is 2.40. The van der Waals surface area contributed by atoms with Gasteiger partial charge in [0.25, 0.3) is 0 Å². The molecule has 0 bridgehead atoms. The van der Waals surface area contributed by atoms with Crippen molar-refractivity contribution in [3.05, 3.63) is 35.9 Å². The van der Waals surface area contributed by atoms with E-state index in [0.717, 1.165) is 19.3 Å². The SMILES string of the molecule is O=C1OC2CCCCC2C1Cc1ccccc1. The van der Waals surface area contributed by atoms with Gasteiger partial charge in [0.1, 0.15) is 6.10 Å². The lowest BCUT2D eigenvalue weighted by Crippen LogP contribution is -2.25. The average Bonchev–Trinajstić information content (AvgIpc) is 2.68. The Kier molecular flexibility index (Phi) is 2.87. The van der Waals surface area contributed by atoms with E-state index in [1.54, 1.807) is 0 Å². The van der Waals surface area contributed by atoms with Gasteiger partial charge in [-0.1, -0.05) is 36.8 Å². The quantitative estimate of drug-likeness (QED) is 0.730. The first-order valence-electron chi connectivity index (χ1n) is 6.59. The van der Waals surface area contributed by atoms with Crippen molar-refractivity contribution in [1.82, 2.24) is 0 Å². The van der Waals surface area contributed by atoms with Gasteiger partial charge in [-0.3, -0.25) is 4.79 Å². The molecule has 0 spiro atoms. The first-order chi connectivity index (χ1) is 8.34. The molecular weight excluding hydrogens is 212 g/mol. The molecule has 2 heteroatoms. The Balaban J connectivity index is 1.76. The average molecular weight is 230 g/mol. The number of carbonyl (C=O) groups excluding carboxylic acids is 1. The summed E-state index contributed by atoms with van der Waals surface area (Å²) in [6.45, 7) is 0. The second kappa shape index (κ2) is 4.52. The molecule has 2 nitrogen and oxygen atoms in total. The van der Waals surface area contributed by atoms with Crippen LogP contribution in [-0.4, -0.2) is 12.1 Å². The van der Waals surface area contributed by atoms with Gasteiger partial charge in [0.15, 0.2) is 0 Å². The van der Waals surface area contributed by atoms with Gasteiger partial charge < -0.3 is 4.74 Å². The third kappa shape index (κ3) is 2.08. The molecule has 1 aromatic carbocycles. The van der Waals surface area contributed by atoms with Crippen molar-refractivity contribution in [2.45, 2.75) is 38.2 Å². The second-order valence-electron chi connectivity index (χ2n) is 5.22. The number of hydrogen-bond donors (Lipinski definition) is 0. The largest absolute Gasteiger partial charge is 0.462 e. The molecule has 3 rings (SSSR count). The number of hydrogen-bond acceptors (Lipinski definition) is 2. The molecule has 2 fully saturated rings. The number of carbonyl (C=O) groups is 1. The summed E-state index contributed by atoms with van der Waals surface area (Å²) in [4.78, 5) is 11.9. The van der Waals surface area contributed by atoms with Crippen LogP contribution in [0.25, 0.3) is 0 Å². The normalized spacial score (nSPS) is 32.0. The Labute approximate surface area is 102 Å². The van der Waals surface area contributed by atoms with Crippen LogP contribution >= 0.6 is 0 Å². The van der Waals surface area contributed by atoms with Crippen molar-refractivity contribution in [2.75, 3.05) is 0 Å². The number of ether oxygens (including phenoxy) is 1. The smallest absolute Gasteiger partial charge is 0.309 e. The molecule has 2 aliphatic rings. The van der Waals surface area contributed by atoms with Gasteiger partial charge in [0.2, 0.25) is 0 Å². The van der Waals surface area contributed by atoms with Gasteiger partial charge in [-0.05, 0) is 31.2 Å². The molecule has 1 aliphatic carbocycles. The summed E-state index contributed by atoms with van der Waals surface area (Å²) in [5, 5.41) is 0. The molecule has 0 N–H and O–H groups in total. The standard InChI is InChI=1S/C15H18O2/c16-15-13(10-11-6-2-1-3-7-11)12-8-4-5-9-14(12)17-15/h1-3,6-7,12-14H,4-5,8-10H2. The van der Waals surface area contributed by atoms with E-state index in [2.05, 4.69) is 12.1 Å². The Morgan fingerprint density at radius 1 is 1.12 bits per heavy atom. The van der Waals surface area contributed by atoms with E-state index >= 15 is 0 Å². The van der Waals surface area contributed by atoms with Crippen molar-refractivity contribution < 1.29 is 9.53 Å². The topological polar surface area (TPSA) is 26.3 Å². The summed E-state index contributed by atoms with van der Waals surface area (Å²) in [6.07, 6.45) is 5.76. The minimum absolute atomic E-state index is 0.0331. The Morgan fingerprint density at radius 3 is 2.71 bits per heavy atom. The summed E-state index contributed by atoms with van der Waals surface area (Å²) in [6, 6.07) is 10.3.